The lowest BCUT2D eigenvalue weighted by molar-refractivity contribution is -0.128. The summed E-state index contributed by atoms with van der Waals surface area (Å²) in [5, 5.41) is 1.25. The van der Waals surface area contributed by atoms with E-state index in [0.29, 0.717) is 15.8 Å². The fraction of sp³-hybridized carbons (Fsp3) is 0.400. The fourth-order valence-electron chi connectivity index (χ4n) is 3.10. The van der Waals surface area contributed by atoms with Crippen molar-refractivity contribution >= 4 is 40.9 Å². The Morgan fingerprint density at radius 1 is 1.19 bits per heavy atom. The third-order valence-electron chi connectivity index (χ3n) is 4.63. The first-order valence-electron chi connectivity index (χ1n) is 9.00. The van der Waals surface area contributed by atoms with Crippen molar-refractivity contribution in [3.8, 4) is 0 Å². The average molecular weight is 424 g/mol. The number of rotatable bonds is 5. The maximum absolute atomic E-state index is 12.7. The van der Waals surface area contributed by atoms with Crippen LogP contribution in [0.1, 0.15) is 17.5 Å². The van der Waals surface area contributed by atoms with Crippen LogP contribution in [-0.2, 0) is 11.3 Å². The molecule has 1 aromatic heterocycles. The van der Waals surface area contributed by atoms with Crippen molar-refractivity contribution in [2.75, 3.05) is 31.9 Å². The SMILES string of the molecule is Cc1cc(SCC(=O)N2CCCN(Cc3cccnc3)CC2)c(Cl)cc1Cl. The first-order valence-corrected chi connectivity index (χ1v) is 10.7. The number of benzene rings is 1. The Hall–Kier alpha value is -1.27. The van der Waals surface area contributed by atoms with Crippen molar-refractivity contribution < 1.29 is 4.79 Å². The van der Waals surface area contributed by atoms with E-state index >= 15 is 0 Å². The maximum atomic E-state index is 12.7. The number of aromatic nitrogens is 1. The molecule has 2 heterocycles. The molecule has 0 spiro atoms. The smallest absolute Gasteiger partial charge is 0.232 e. The lowest BCUT2D eigenvalue weighted by atomic mass is 10.2. The summed E-state index contributed by atoms with van der Waals surface area (Å²) in [6.07, 6.45) is 4.68. The van der Waals surface area contributed by atoms with Crippen LogP contribution in [-0.4, -0.2) is 52.6 Å². The molecule has 1 aliphatic rings. The number of nitrogens with zero attached hydrogens (tertiary/aromatic N) is 3. The second-order valence-corrected chi connectivity index (χ2v) is 8.52. The Kier molecular flexibility index (Phi) is 7.41. The average Bonchev–Trinajstić information content (AvgIpc) is 2.90. The molecule has 27 heavy (non-hydrogen) atoms. The van der Waals surface area contributed by atoms with Crippen molar-refractivity contribution in [2.24, 2.45) is 0 Å². The monoisotopic (exact) mass is 423 g/mol. The molecule has 1 aliphatic heterocycles. The zero-order valence-electron chi connectivity index (χ0n) is 15.3. The highest BCUT2D eigenvalue weighted by molar-refractivity contribution is 8.00. The zero-order valence-corrected chi connectivity index (χ0v) is 17.7. The summed E-state index contributed by atoms with van der Waals surface area (Å²) < 4.78 is 0. The number of pyridine rings is 1. The molecule has 0 unspecified atom stereocenters. The predicted molar refractivity (Wildman–Crippen MR) is 113 cm³/mol. The third-order valence-corrected chi connectivity index (χ3v) is 6.51. The molecular weight excluding hydrogens is 401 g/mol. The second kappa shape index (κ2) is 9.78. The van der Waals surface area contributed by atoms with Crippen molar-refractivity contribution in [1.29, 1.82) is 0 Å². The molecule has 0 N–H and O–H groups in total. The maximum Gasteiger partial charge on any atom is 0.232 e. The van der Waals surface area contributed by atoms with Crippen LogP contribution in [0, 0.1) is 6.92 Å². The Bertz CT molecular complexity index is 788. The third kappa shape index (κ3) is 5.85. The Labute approximate surface area is 174 Å². The van der Waals surface area contributed by atoms with Gasteiger partial charge in [-0.05, 0) is 42.7 Å². The lowest BCUT2D eigenvalue weighted by Gasteiger charge is -2.22. The van der Waals surface area contributed by atoms with Crippen LogP contribution < -0.4 is 0 Å². The Morgan fingerprint density at radius 3 is 2.81 bits per heavy atom. The van der Waals surface area contributed by atoms with Gasteiger partial charge in [-0.1, -0.05) is 29.3 Å². The van der Waals surface area contributed by atoms with E-state index in [0.717, 1.165) is 49.6 Å². The number of thioether (sulfide) groups is 1. The zero-order chi connectivity index (χ0) is 19.2. The van der Waals surface area contributed by atoms with Gasteiger partial charge in [0.25, 0.3) is 0 Å². The van der Waals surface area contributed by atoms with Gasteiger partial charge in [-0.15, -0.1) is 11.8 Å². The molecule has 1 aromatic carbocycles. The predicted octanol–water partition coefficient (Wildman–Crippen LogP) is 4.52. The lowest BCUT2D eigenvalue weighted by Crippen LogP contribution is -2.36. The fourth-order valence-corrected chi connectivity index (χ4v) is 4.57. The topological polar surface area (TPSA) is 36.4 Å². The molecule has 0 saturated carbocycles. The number of halogens is 2. The molecule has 1 saturated heterocycles. The second-order valence-electron chi connectivity index (χ2n) is 6.69. The largest absolute Gasteiger partial charge is 0.341 e. The van der Waals surface area contributed by atoms with Crippen LogP contribution in [0.4, 0.5) is 0 Å². The summed E-state index contributed by atoms with van der Waals surface area (Å²) in [7, 11) is 0. The molecule has 144 valence electrons. The quantitative estimate of drug-likeness (QED) is 0.662. The van der Waals surface area contributed by atoms with Gasteiger partial charge in [-0.25, -0.2) is 0 Å². The van der Waals surface area contributed by atoms with Gasteiger partial charge in [0.15, 0.2) is 0 Å². The summed E-state index contributed by atoms with van der Waals surface area (Å²) in [6.45, 7) is 6.25. The van der Waals surface area contributed by atoms with Crippen LogP contribution in [0.25, 0.3) is 0 Å². The number of amides is 1. The number of aryl methyl sites for hydroxylation is 1. The summed E-state index contributed by atoms with van der Waals surface area (Å²) in [4.78, 5) is 22.1. The summed E-state index contributed by atoms with van der Waals surface area (Å²) in [6, 6.07) is 7.74. The van der Waals surface area contributed by atoms with Crippen LogP contribution in [0.3, 0.4) is 0 Å². The van der Waals surface area contributed by atoms with E-state index in [1.165, 1.54) is 17.3 Å². The Morgan fingerprint density at radius 2 is 2.04 bits per heavy atom. The van der Waals surface area contributed by atoms with Crippen LogP contribution >= 0.6 is 35.0 Å². The van der Waals surface area contributed by atoms with E-state index in [2.05, 4.69) is 16.0 Å². The van der Waals surface area contributed by atoms with Gasteiger partial charge >= 0.3 is 0 Å². The first-order chi connectivity index (χ1) is 13.0. The number of hydrogen-bond acceptors (Lipinski definition) is 4. The molecule has 1 fully saturated rings. The van der Waals surface area contributed by atoms with E-state index in [9.17, 15) is 4.79 Å². The van der Waals surface area contributed by atoms with E-state index in [4.69, 9.17) is 23.2 Å². The normalized spacial score (nSPS) is 15.6. The highest BCUT2D eigenvalue weighted by Gasteiger charge is 2.20. The van der Waals surface area contributed by atoms with E-state index < -0.39 is 0 Å². The minimum absolute atomic E-state index is 0.159. The van der Waals surface area contributed by atoms with Gasteiger partial charge in [0.2, 0.25) is 5.91 Å². The number of hydrogen-bond donors (Lipinski definition) is 0. The van der Waals surface area contributed by atoms with Gasteiger partial charge in [0.1, 0.15) is 0 Å². The van der Waals surface area contributed by atoms with Gasteiger partial charge in [-0.2, -0.15) is 0 Å². The molecule has 0 aliphatic carbocycles. The molecule has 0 bridgehead atoms. The molecule has 1 amide bonds. The van der Waals surface area contributed by atoms with E-state index in [1.807, 2.05) is 30.2 Å². The summed E-state index contributed by atoms with van der Waals surface area (Å²) >= 11 is 13.8. The van der Waals surface area contributed by atoms with Gasteiger partial charge in [0.05, 0.1) is 10.8 Å². The molecule has 0 atom stereocenters. The Balaban J connectivity index is 1.51. The minimum atomic E-state index is 0.159. The molecular formula is C20H23Cl2N3OS. The number of carbonyl (C=O) groups excluding carboxylic acids is 1. The van der Waals surface area contributed by atoms with Crippen molar-refractivity contribution in [3.63, 3.8) is 0 Å². The van der Waals surface area contributed by atoms with Crippen molar-refractivity contribution in [3.05, 3.63) is 57.8 Å². The molecule has 7 heteroatoms. The molecule has 2 aromatic rings. The van der Waals surface area contributed by atoms with Crippen LogP contribution in [0.5, 0.6) is 0 Å². The number of carbonyl (C=O) groups is 1. The van der Waals surface area contributed by atoms with Crippen molar-refractivity contribution in [2.45, 2.75) is 24.8 Å². The standard InChI is InChI=1S/C20H23Cl2N3OS/c1-15-10-19(18(22)11-17(15)21)27-14-20(26)25-7-3-6-24(8-9-25)13-16-4-2-5-23-12-16/h2,4-5,10-12H,3,6-9,13-14H2,1H3. The summed E-state index contributed by atoms with van der Waals surface area (Å²) in [5.74, 6) is 0.551. The van der Waals surface area contributed by atoms with Gasteiger partial charge in [-0.3, -0.25) is 14.7 Å². The minimum Gasteiger partial charge on any atom is -0.341 e. The first kappa shape index (κ1) is 20.5. The van der Waals surface area contributed by atoms with Crippen molar-refractivity contribution in [1.82, 2.24) is 14.8 Å². The van der Waals surface area contributed by atoms with Gasteiger partial charge < -0.3 is 4.90 Å². The molecule has 3 rings (SSSR count). The van der Waals surface area contributed by atoms with Crippen LogP contribution in [0.15, 0.2) is 41.6 Å². The van der Waals surface area contributed by atoms with Gasteiger partial charge in [0, 0.05) is 55.0 Å². The summed E-state index contributed by atoms with van der Waals surface area (Å²) in [5.41, 5.74) is 2.18. The van der Waals surface area contributed by atoms with E-state index in [1.54, 1.807) is 12.3 Å². The highest BCUT2D eigenvalue weighted by Crippen LogP contribution is 2.32. The molecule has 4 nitrogen and oxygen atoms in total. The van der Waals surface area contributed by atoms with Crippen LogP contribution in [0.2, 0.25) is 10.0 Å². The van der Waals surface area contributed by atoms with E-state index in [-0.39, 0.29) is 5.91 Å². The molecule has 0 radical (unpaired) electrons. The highest BCUT2D eigenvalue weighted by atomic mass is 35.5.